The second kappa shape index (κ2) is 7.64. The van der Waals surface area contributed by atoms with Crippen LogP contribution >= 0.6 is 63.7 Å². The zero-order chi connectivity index (χ0) is 16.4. The zero-order valence-electron chi connectivity index (χ0n) is 10.9. The highest BCUT2D eigenvalue weighted by molar-refractivity contribution is 9.11. The quantitative estimate of drug-likeness (QED) is 0.307. The third-order valence-corrected chi connectivity index (χ3v) is 6.06. The van der Waals surface area contributed by atoms with Crippen LogP contribution in [0.5, 0.6) is 0 Å². The van der Waals surface area contributed by atoms with Crippen LogP contribution in [0.3, 0.4) is 0 Å². The minimum absolute atomic E-state index is 0.276. The lowest BCUT2D eigenvalue weighted by molar-refractivity contribution is 0.103. The summed E-state index contributed by atoms with van der Waals surface area (Å²) in [6.07, 6.45) is 0. The van der Waals surface area contributed by atoms with Gasteiger partial charge in [-0.05, 0) is 56.1 Å². The van der Waals surface area contributed by atoms with Crippen LogP contribution in [0.25, 0.3) is 0 Å². The Morgan fingerprint density at radius 1 is 0.818 bits per heavy atom. The molecule has 0 spiro atoms. The van der Waals surface area contributed by atoms with E-state index in [-0.39, 0.29) is 16.4 Å². The van der Waals surface area contributed by atoms with Crippen LogP contribution in [0, 0.1) is 11.6 Å². The Kier molecular flexibility index (Phi) is 6.33. The smallest absolute Gasteiger partial charge is 0.195 e. The number of ketones is 1. The van der Waals surface area contributed by atoms with Crippen molar-refractivity contribution in [2.45, 2.75) is 10.7 Å². The largest absolute Gasteiger partial charge is 0.289 e. The lowest BCUT2D eigenvalue weighted by Crippen LogP contribution is -2.07. The van der Waals surface area contributed by atoms with Crippen molar-refractivity contribution in [2.75, 3.05) is 0 Å². The van der Waals surface area contributed by atoms with Crippen LogP contribution in [0.2, 0.25) is 0 Å². The molecule has 0 saturated carbocycles. The summed E-state index contributed by atoms with van der Waals surface area (Å²) < 4.78 is 28.2. The van der Waals surface area contributed by atoms with E-state index in [4.69, 9.17) is 0 Å². The first-order valence-electron chi connectivity index (χ1n) is 6.02. The summed E-state index contributed by atoms with van der Waals surface area (Å²) in [7, 11) is 0. The van der Waals surface area contributed by atoms with Gasteiger partial charge in [0.25, 0.3) is 0 Å². The van der Waals surface area contributed by atoms with E-state index in [0.29, 0.717) is 31.2 Å². The highest BCUT2D eigenvalue weighted by Crippen LogP contribution is 2.32. The molecule has 0 aliphatic heterocycles. The molecule has 22 heavy (non-hydrogen) atoms. The molecule has 7 heteroatoms. The van der Waals surface area contributed by atoms with Crippen LogP contribution in [0.15, 0.2) is 33.2 Å². The summed E-state index contributed by atoms with van der Waals surface area (Å²) in [6, 6.07) is 5.32. The number of benzene rings is 2. The fourth-order valence-corrected chi connectivity index (χ4v) is 5.07. The first-order chi connectivity index (χ1) is 10.4. The van der Waals surface area contributed by atoms with Gasteiger partial charge in [0, 0.05) is 41.9 Å². The molecule has 2 rings (SSSR count). The predicted octanol–water partition coefficient (Wildman–Crippen LogP) is 6.51. The second-order valence-electron chi connectivity index (χ2n) is 4.37. The lowest BCUT2D eigenvalue weighted by Gasteiger charge is -2.12. The average Bonchev–Trinajstić information content (AvgIpc) is 2.48. The average molecular weight is 562 g/mol. The van der Waals surface area contributed by atoms with E-state index in [1.807, 2.05) is 0 Å². The molecule has 1 nitrogen and oxygen atoms in total. The van der Waals surface area contributed by atoms with Crippen molar-refractivity contribution in [1.29, 1.82) is 0 Å². The maximum atomic E-state index is 13.7. The molecule has 116 valence electrons. The van der Waals surface area contributed by atoms with Crippen molar-refractivity contribution in [3.63, 3.8) is 0 Å². The first-order valence-corrected chi connectivity index (χ1v) is 9.85. The van der Waals surface area contributed by atoms with Crippen molar-refractivity contribution in [2.24, 2.45) is 0 Å². The Bertz CT molecular complexity index is 685. The fourth-order valence-electron chi connectivity index (χ4n) is 1.94. The van der Waals surface area contributed by atoms with Crippen LogP contribution in [0.1, 0.15) is 27.0 Å². The molecule has 0 amide bonds. The fraction of sp³-hybridized carbons (Fsp3) is 0.133. The number of halogens is 6. The Morgan fingerprint density at radius 2 is 1.18 bits per heavy atom. The van der Waals surface area contributed by atoms with Gasteiger partial charge in [-0.2, -0.15) is 0 Å². The molecule has 0 N–H and O–H groups in total. The molecule has 0 saturated heterocycles. The van der Waals surface area contributed by atoms with E-state index in [1.54, 1.807) is 0 Å². The van der Waals surface area contributed by atoms with Crippen molar-refractivity contribution >= 4 is 69.5 Å². The zero-order valence-corrected chi connectivity index (χ0v) is 17.2. The third kappa shape index (κ3) is 3.37. The molecular formula is C15H8Br4F2O. The van der Waals surface area contributed by atoms with Gasteiger partial charge >= 0.3 is 0 Å². The highest BCUT2D eigenvalue weighted by atomic mass is 79.9. The molecule has 0 bridgehead atoms. The molecule has 0 unspecified atom stereocenters. The van der Waals surface area contributed by atoms with E-state index in [9.17, 15) is 13.6 Å². The van der Waals surface area contributed by atoms with Crippen LogP contribution < -0.4 is 0 Å². The monoisotopic (exact) mass is 558 g/mol. The van der Waals surface area contributed by atoms with Gasteiger partial charge in [-0.1, -0.05) is 31.9 Å². The van der Waals surface area contributed by atoms with Gasteiger partial charge < -0.3 is 0 Å². The Labute approximate surface area is 160 Å². The Morgan fingerprint density at radius 3 is 1.50 bits per heavy atom. The second-order valence-corrected chi connectivity index (χ2v) is 7.08. The standard InChI is InChI=1S/C15H8Br4F2O/c16-5-9-11(20)3-1-7(13(9)18)15(22)8-2-4-12(21)10(6-17)14(8)19/h1-4H,5-6H2. The minimum atomic E-state index is -0.403. The number of hydrogen-bond donors (Lipinski definition) is 0. The number of hydrogen-bond acceptors (Lipinski definition) is 1. The lowest BCUT2D eigenvalue weighted by atomic mass is 10.00. The summed E-state index contributed by atoms with van der Waals surface area (Å²) in [4.78, 5) is 12.7. The van der Waals surface area contributed by atoms with Crippen molar-refractivity contribution in [3.8, 4) is 0 Å². The van der Waals surface area contributed by atoms with Gasteiger partial charge in [-0.25, -0.2) is 8.78 Å². The summed E-state index contributed by atoms with van der Waals surface area (Å²) >= 11 is 12.9. The highest BCUT2D eigenvalue weighted by Gasteiger charge is 2.21. The van der Waals surface area contributed by atoms with Gasteiger partial charge in [-0.15, -0.1) is 0 Å². The molecular weight excluding hydrogens is 554 g/mol. The molecule has 0 aliphatic rings. The van der Waals surface area contributed by atoms with Crippen molar-refractivity contribution in [3.05, 3.63) is 67.1 Å². The van der Waals surface area contributed by atoms with Crippen molar-refractivity contribution < 1.29 is 13.6 Å². The summed E-state index contributed by atoms with van der Waals surface area (Å²) in [5, 5.41) is 0.551. The van der Waals surface area contributed by atoms with Crippen LogP contribution in [0.4, 0.5) is 8.78 Å². The molecule has 2 aromatic carbocycles. The van der Waals surface area contributed by atoms with E-state index in [2.05, 4.69) is 63.7 Å². The first kappa shape index (κ1) is 18.2. The predicted molar refractivity (Wildman–Crippen MR) is 96.9 cm³/mol. The summed E-state index contributed by atoms with van der Waals surface area (Å²) in [6.45, 7) is 0. The molecule has 0 fully saturated rings. The van der Waals surface area contributed by atoms with Gasteiger partial charge in [0.05, 0.1) is 0 Å². The molecule has 0 radical (unpaired) electrons. The van der Waals surface area contributed by atoms with Gasteiger partial charge in [0.15, 0.2) is 5.78 Å². The van der Waals surface area contributed by atoms with E-state index < -0.39 is 11.6 Å². The van der Waals surface area contributed by atoms with E-state index in [1.165, 1.54) is 24.3 Å². The van der Waals surface area contributed by atoms with E-state index >= 15 is 0 Å². The van der Waals surface area contributed by atoms with Crippen LogP contribution in [-0.2, 0) is 10.7 Å². The van der Waals surface area contributed by atoms with Crippen LogP contribution in [-0.4, -0.2) is 5.78 Å². The number of carbonyl (C=O) groups is 1. The maximum Gasteiger partial charge on any atom is 0.195 e. The van der Waals surface area contributed by atoms with Gasteiger partial charge in [-0.3, -0.25) is 4.79 Å². The van der Waals surface area contributed by atoms with Gasteiger partial charge in [0.1, 0.15) is 11.6 Å². The molecule has 0 aliphatic carbocycles. The summed E-state index contributed by atoms with van der Waals surface area (Å²) in [5.74, 6) is -1.12. The molecule has 2 aromatic rings. The SMILES string of the molecule is O=C(c1ccc(F)c(CBr)c1Br)c1ccc(F)c(CBr)c1Br. The summed E-state index contributed by atoms with van der Waals surface area (Å²) in [5.41, 5.74) is 1.38. The third-order valence-electron chi connectivity index (χ3n) is 3.13. The maximum absolute atomic E-state index is 13.7. The number of rotatable bonds is 4. The molecule has 0 heterocycles. The molecule has 0 aromatic heterocycles. The topological polar surface area (TPSA) is 17.1 Å². The Balaban J connectivity index is 2.59. The molecule has 0 atom stereocenters. The Hall–Kier alpha value is -0.110. The van der Waals surface area contributed by atoms with E-state index in [0.717, 1.165) is 0 Å². The minimum Gasteiger partial charge on any atom is -0.289 e. The van der Waals surface area contributed by atoms with Crippen molar-refractivity contribution in [1.82, 2.24) is 0 Å². The normalized spacial score (nSPS) is 10.8. The number of alkyl halides is 2. The number of carbonyl (C=O) groups excluding carboxylic acids is 1. The van der Waals surface area contributed by atoms with Gasteiger partial charge in [0.2, 0.25) is 0 Å².